The summed E-state index contributed by atoms with van der Waals surface area (Å²) >= 11 is 4.69. The maximum Gasteiger partial charge on any atom is 0.257 e. The van der Waals surface area contributed by atoms with E-state index < -0.39 is 0 Å². The second-order valence-corrected chi connectivity index (χ2v) is 8.07. The van der Waals surface area contributed by atoms with Gasteiger partial charge in [-0.3, -0.25) is 14.9 Å². The SMILES string of the molecule is COc1ccc(C(=O)Nc2nc(CC(=O)Nc3ccc(Br)c(C)c3)cs2)cc1OC. The van der Waals surface area contributed by atoms with Gasteiger partial charge >= 0.3 is 0 Å². The number of hydrogen-bond donors (Lipinski definition) is 2. The number of nitrogens with zero attached hydrogens (tertiary/aromatic N) is 1. The van der Waals surface area contributed by atoms with Crippen LogP contribution < -0.4 is 20.1 Å². The molecule has 3 aromatic rings. The molecular formula is C21H20BrN3O4S. The van der Waals surface area contributed by atoms with E-state index in [-0.39, 0.29) is 18.2 Å². The van der Waals surface area contributed by atoms with Crippen LogP contribution in [-0.2, 0) is 11.2 Å². The fourth-order valence-corrected chi connectivity index (χ4v) is 3.64. The molecule has 1 aromatic heterocycles. The summed E-state index contributed by atoms with van der Waals surface area (Å²) in [5.74, 6) is 0.494. The summed E-state index contributed by atoms with van der Waals surface area (Å²) < 4.78 is 11.4. The van der Waals surface area contributed by atoms with E-state index in [1.807, 2.05) is 25.1 Å². The number of rotatable bonds is 7. The molecule has 0 aliphatic heterocycles. The number of aromatic nitrogens is 1. The summed E-state index contributed by atoms with van der Waals surface area (Å²) in [6.45, 7) is 1.95. The highest BCUT2D eigenvalue weighted by molar-refractivity contribution is 9.10. The van der Waals surface area contributed by atoms with Crippen LogP contribution in [0.3, 0.4) is 0 Å². The maximum absolute atomic E-state index is 12.5. The van der Waals surface area contributed by atoms with Crippen LogP contribution in [-0.4, -0.2) is 31.0 Å². The Morgan fingerprint density at radius 3 is 2.53 bits per heavy atom. The highest BCUT2D eigenvalue weighted by atomic mass is 79.9. The summed E-state index contributed by atoms with van der Waals surface area (Å²) in [6, 6.07) is 10.5. The van der Waals surface area contributed by atoms with Crippen molar-refractivity contribution in [1.82, 2.24) is 4.98 Å². The lowest BCUT2D eigenvalue weighted by molar-refractivity contribution is -0.115. The highest BCUT2D eigenvalue weighted by Gasteiger charge is 2.14. The van der Waals surface area contributed by atoms with Crippen molar-refractivity contribution in [3.8, 4) is 11.5 Å². The van der Waals surface area contributed by atoms with E-state index >= 15 is 0 Å². The number of benzene rings is 2. The first-order valence-electron chi connectivity index (χ1n) is 8.93. The largest absolute Gasteiger partial charge is 0.493 e. The van der Waals surface area contributed by atoms with Crippen molar-refractivity contribution >= 4 is 49.9 Å². The Hall–Kier alpha value is -2.91. The minimum absolute atomic E-state index is 0.109. The number of hydrogen-bond acceptors (Lipinski definition) is 6. The van der Waals surface area contributed by atoms with Crippen molar-refractivity contribution in [3.05, 3.63) is 63.1 Å². The maximum atomic E-state index is 12.5. The van der Waals surface area contributed by atoms with Gasteiger partial charge in [0.25, 0.3) is 5.91 Å². The van der Waals surface area contributed by atoms with Crippen LogP contribution in [0.2, 0.25) is 0 Å². The molecule has 0 atom stereocenters. The molecule has 0 saturated carbocycles. The molecule has 9 heteroatoms. The molecule has 0 aliphatic rings. The third-order valence-electron chi connectivity index (χ3n) is 4.20. The Bertz CT molecular complexity index is 1080. The monoisotopic (exact) mass is 489 g/mol. The fraction of sp³-hybridized carbons (Fsp3) is 0.190. The molecule has 2 amide bonds. The minimum atomic E-state index is -0.327. The van der Waals surface area contributed by atoms with Gasteiger partial charge in [0.2, 0.25) is 5.91 Å². The number of halogens is 1. The predicted molar refractivity (Wildman–Crippen MR) is 121 cm³/mol. The van der Waals surface area contributed by atoms with Crippen molar-refractivity contribution in [3.63, 3.8) is 0 Å². The first-order chi connectivity index (χ1) is 14.4. The molecule has 2 N–H and O–H groups in total. The fourth-order valence-electron chi connectivity index (χ4n) is 2.68. The van der Waals surface area contributed by atoms with E-state index in [0.717, 1.165) is 15.7 Å². The smallest absolute Gasteiger partial charge is 0.257 e. The average Bonchev–Trinajstić information content (AvgIpc) is 3.16. The van der Waals surface area contributed by atoms with Gasteiger partial charge in [-0.1, -0.05) is 15.9 Å². The summed E-state index contributed by atoms with van der Waals surface area (Å²) in [6.07, 6.45) is 0.109. The van der Waals surface area contributed by atoms with Crippen molar-refractivity contribution < 1.29 is 19.1 Å². The van der Waals surface area contributed by atoms with Crippen molar-refractivity contribution in [2.24, 2.45) is 0 Å². The van der Waals surface area contributed by atoms with Crippen molar-refractivity contribution in [1.29, 1.82) is 0 Å². The first-order valence-corrected chi connectivity index (χ1v) is 10.6. The highest BCUT2D eigenvalue weighted by Crippen LogP contribution is 2.28. The summed E-state index contributed by atoms with van der Waals surface area (Å²) in [5, 5.41) is 7.75. The molecule has 7 nitrogen and oxygen atoms in total. The minimum Gasteiger partial charge on any atom is -0.493 e. The zero-order chi connectivity index (χ0) is 21.7. The van der Waals surface area contributed by atoms with Crippen LogP contribution in [0.1, 0.15) is 21.6 Å². The van der Waals surface area contributed by atoms with E-state index in [1.54, 1.807) is 23.6 Å². The van der Waals surface area contributed by atoms with Gasteiger partial charge in [-0.2, -0.15) is 0 Å². The van der Waals surface area contributed by atoms with E-state index in [0.29, 0.717) is 27.9 Å². The normalized spacial score (nSPS) is 10.4. The molecule has 0 spiro atoms. The number of methoxy groups -OCH3 is 2. The van der Waals surface area contributed by atoms with Crippen LogP contribution in [0, 0.1) is 6.92 Å². The second-order valence-electron chi connectivity index (χ2n) is 6.36. The Kier molecular flexibility index (Phi) is 7.07. The Morgan fingerprint density at radius 1 is 1.07 bits per heavy atom. The number of aryl methyl sites for hydroxylation is 1. The lowest BCUT2D eigenvalue weighted by Crippen LogP contribution is -2.15. The Labute approximate surface area is 186 Å². The van der Waals surface area contributed by atoms with E-state index in [1.165, 1.54) is 25.6 Å². The standard InChI is InChI=1S/C21H20BrN3O4S/c1-12-8-14(5-6-16(12)22)23-19(26)10-15-11-30-21(24-15)25-20(27)13-4-7-17(28-2)18(9-13)29-3/h4-9,11H,10H2,1-3H3,(H,23,26)(H,24,25,27). The number of nitrogens with one attached hydrogen (secondary N) is 2. The van der Waals surface area contributed by atoms with E-state index in [9.17, 15) is 9.59 Å². The van der Waals surface area contributed by atoms with Gasteiger partial charge in [-0.25, -0.2) is 4.98 Å². The molecule has 0 aliphatic carbocycles. The van der Waals surface area contributed by atoms with Gasteiger partial charge in [0, 0.05) is 21.1 Å². The average molecular weight is 490 g/mol. The molecule has 0 bridgehead atoms. The van der Waals surface area contributed by atoms with Gasteiger partial charge < -0.3 is 14.8 Å². The zero-order valence-electron chi connectivity index (χ0n) is 16.6. The number of ether oxygens (including phenoxy) is 2. The molecule has 0 fully saturated rings. The van der Waals surface area contributed by atoms with Crippen molar-refractivity contribution in [2.75, 3.05) is 24.9 Å². The van der Waals surface area contributed by atoms with E-state index in [4.69, 9.17) is 9.47 Å². The molecule has 156 valence electrons. The number of carbonyl (C=O) groups is 2. The van der Waals surface area contributed by atoms with Crippen LogP contribution in [0.5, 0.6) is 11.5 Å². The molecule has 0 radical (unpaired) electrons. The van der Waals surface area contributed by atoms with Gasteiger partial charge in [0.1, 0.15) is 0 Å². The third-order valence-corrected chi connectivity index (χ3v) is 5.90. The zero-order valence-corrected chi connectivity index (χ0v) is 19.0. The Balaban J connectivity index is 1.61. The molecular weight excluding hydrogens is 470 g/mol. The third kappa shape index (κ3) is 5.37. The predicted octanol–water partition coefficient (Wildman–Crippen LogP) is 4.66. The van der Waals surface area contributed by atoms with Gasteiger partial charge in [-0.05, 0) is 48.9 Å². The Morgan fingerprint density at radius 2 is 1.83 bits per heavy atom. The van der Waals surface area contributed by atoms with Crippen LogP contribution in [0.25, 0.3) is 0 Å². The molecule has 3 rings (SSSR count). The second kappa shape index (κ2) is 9.73. The molecule has 0 unspecified atom stereocenters. The quantitative estimate of drug-likeness (QED) is 0.503. The van der Waals surface area contributed by atoms with Crippen LogP contribution in [0.15, 0.2) is 46.3 Å². The van der Waals surface area contributed by atoms with Crippen molar-refractivity contribution in [2.45, 2.75) is 13.3 Å². The van der Waals surface area contributed by atoms with Gasteiger partial charge in [0.05, 0.1) is 26.3 Å². The molecule has 2 aromatic carbocycles. The summed E-state index contributed by atoms with van der Waals surface area (Å²) in [7, 11) is 3.04. The molecule has 0 saturated heterocycles. The first kappa shape index (κ1) is 21.8. The molecule has 1 heterocycles. The van der Waals surface area contributed by atoms with Crippen LogP contribution in [0.4, 0.5) is 10.8 Å². The topological polar surface area (TPSA) is 89.5 Å². The number of anilines is 2. The van der Waals surface area contributed by atoms with Gasteiger partial charge in [-0.15, -0.1) is 11.3 Å². The summed E-state index contributed by atoms with van der Waals surface area (Å²) in [4.78, 5) is 29.1. The summed E-state index contributed by atoms with van der Waals surface area (Å²) in [5.41, 5.74) is 2.74. The van der Waals surface area contributed by atoms with E-state index in [2.05, 4.69) is 31.5 Å². The lowest BCUT2D eigenvalue weighted by atomic mass is 10.2. The number of amides is 2. The van der Waals surface area contributed by atoms with Gasteiger partial charge in [0.15, 0.2) is 16.6 Å². The number of thiazole rings is 1. The van der Waals surface area contributed by atoms with Crippen LogP contribution >= 0.6 is 27.3 Å². The molecule has 30 heavy (non-hydrogen) atoms. The lowest BCUT2D eigenvalue weighted by Gasteiger charge is -2.09. The number of carbonyl (C=O) groups excluding carboxylic acids is 2.